The second-order valence-electron chi connectivity index (χ2n) is 8.47. The molecule has 0 amide bonds. The van der Waals surface area contributed by atoms with E-state index < -0.39 is 0 Å². The molecule has 0 spiro atoms. The van der Waals surface area contributed by atoms with Crippen LogP contribution < -0.4 is 0 Å². The summed E-state index contributed by atoms with van der Waals surface area (Å²) < 4.78 is 0. The fraction of sp³-hybridized carbons (Fsp3) is 0.286. The molecular weight excluding hydrogens is 336 g/mol. The Balaban J connectivity index is 1.27. The molecule has 0 fully saturated rings. The highest BCUT2D eigenvalue weighted by Crippen LogP contribution is 2.37. The number of allylic oxidation sites excluding steroid dienone is 1. The lowest BCUT2D eigenvalue weighted by molar-refractivity contribution is 0.650. The number of hydrogen-bond acceptors (Lipinski definition) is 0. The van der Waals surface area contributed by atoms with Gasteiger partial charge in [0.1, 0.15) is 0 Å². The zero-order valence-corrected chi connectivity index (χ0v) is 16.7. The molecule has 2 aliphatic rings. The van der Waals surface area contributed by atoms with Crippen LogP contribution in [-0.4, -0.2) is 0 Å². The van der Waals surface area contributed by atoms with E-state index in [0.717, 1.165) is 25.7 Å². The van der Waals surface area contributed by atoms with Crippen molar-refractivity contribution in [3.05, 3.63) is 111 Å². The number of rotatable bonds is 5. The lowest BCUT2D eigenvalue weighted by atomic mass is 9.94. The highest BCUT2D eigenvalue weighted by Gasteiger charge is 2.27. The van der Waals surface area contributed by atoms with Crippen LogP contribution in [0.2, 0.25) is 0 Å². The van der Waals surface area contributed by atoms with Crippen molar-refractivity contribution < 1.29 is 0 Å². The van der Waals surface area contributed by atoms with Gasteiger partial charge in [0.25, 0.3) is 0 Å². The third-order valence-corrected chi connectivity index (χ3v) is 6.65. The van der Waals surface area contributed by atoms with Crippen LogP contribution in [0.1, 0.15) is 45.9 Å². The van der Waals surface area contributed by atoms with Gasteiger partial charge in [-0.1, -0.05) is 85.3 Å². The van der Waals surface area contributed by atoms with E-state index in [4.69, 9.17) is 0 Å². The SMILES string of the molecule is CCc1ccc(CCc2ccc3c(c2)C=C(C2Cc4ccccc4C2)C3)cc1. The summed E-state index contributed by atoms with van der Waals surface area (Å²) in [5, 5.41) is 0. The van der Waals surface area contributed by atoms with E-state index in [2.05, 4.69) is 79.7 Å². The maximum absolute atomic E-state index is 2.49. The molecule has 0 aliphatic heterocycles. The van der Waals surface area contributed by atoms with Crippen molar-refractivity contribution in [2.75, 3.05) is 0 Å². The van der Waals surface area contributed by atoms with Gasteiger partial charge in [-0.15, -0.1) is 0 Å². The third kappa shape index (κ3) is 3.44. The molecule has 0 unspecified atom stereocenters. The van der Waals surface area contributed by atoms with E-state index in [-0.39, 0.29) is 0 Å². The van der Waals surface area contributed by atoms with Gasteiger partial charge >= 0.3 is 0 Å². The molecule has 0 nitrogen and oxygen atoms in total. The second-order valence-corrected chi connectivity index (χ2v) is 8.47. The Labute approximate surface area is 168 Å². The predicted octanol–water partition coefficient (Wildman–Crippen LogP) is 6.39. The first-order chi connectivity index (χ1) is 13.8. The summed E-state index contributed by atoms with van der Waals surface area (Å²) in [6.45, 7) is 2.21. The second kappa shape index (κ2) is 7.43. The van der Waals surface area contributed by atoms with Gasteiger partial charge in [0.15, 0.2) is 0 Å². The Morgan fingerprint density at radius 1 is 0.714 bits per heavy atom. The van der Waals surface area contributed by atoms with Crippen LogP contribution in [0, 0.1) is 5.92 Å². The molecule has 0 aromatic heterocycles. The van der Waals surface area contributed by atoms with Gasteiger partial charge in [-0.3, -0.25) is 0 Å². The average Bonchev–Trinajstić information content (AvgIpc) is 3.36. The molecule has 3 aromatic carbocycles. The van der Waals surface area contributed by atoms with Crippen LogP contribution in [0.25, 0.3) is 6.08 Å². The Bertz CT molecular complexity index is 995. The first kappa shape index (κ1) is 17.5. The lowest BCUT2D eigenvalue weighted by Crippen LogP contribution is -2.03. The van der Waals surface area contributed by atoms with Crippen molar-refractivity contribution in [1.29, 1.82) is 0 Å². The lowest BCUT2D eigenvalue weighted by Gasteiger charge is -2.10. The highest BCUT2D eigenvalue weighted by atomic mass is 14.3. The van der Waals surface area contributed by atoms with Crippen LogP contribution in [0.4, 0.5) is 0 Å². The molecule has 28 heavy (non-hydrogen) atoms. The Morgan fingerprint density at radius 2 is 1.36 bits per heavy atom. The molecule has 0 saturated carbocycles. The van der Waals surface area contributed by atoms with Crippen molar-refractivity contribution in [1.82, 2.24) is 0 Å². The van der Waals surface area contributed by atoms with Crippen molar-refractivity contribution >= 4 is 6.08 Å². The number of aryl methyl sites for hydroxylation is 3. The van der Waals surface area contributed by atoms with Gasteiger partial charge in [-0.25, -0.2) is 0 Å². The van der Waals surface area contributed by atoms with Crippen molar-refractivity contribution in [2.45, 2.75) is 45.4 Å². The van der Waals surface area contributed by atoms with Crippen LogP contribution in [0.3, 0.4) is 0 Å². The fourth-order valence-electron chi connectivity index (χ4n) is 4.88. The van der Waals surface area contributed by atoms with E-state index in [0.29, 0.717) is 5.92 Å². The fourth-order valence-corrected chi connectivity index (χ4v) is 4.88. The molecule has 0 N–H and O–H groups in total. The first-order valence-electron chi connectivity index (χ1n) is 10.8. The predicted molar refractivity (Wildman–Crippen MR) is 119 cm³/mol. The van der Waals surface area contributed by atoms with Crippen molar-refractivity contribution in [3.8, 4) is 0 Å². The topological polar surface area (TPSA) is 0 Å². The van der Waals surface area contributed by atoms with Crippen LogP contribution >= 0.6 is 0 Å². The van der Waals surface area contributed by atoms with E-state index in [1.165, 1.54) is 40.7 Å². The molecule has 0 atom stereocenters. The largest absolute Gasteiger partial charge is 0.0620 e. The molecule has 140 valence electrons. The van der Waals surface area contributed by atoms with Gasteiger partial charge < -0.3 is 0 Å². The zero-order chi connectivity index (χ0) is 18.9. The molecule has 0 saturated heterocycles. The summed E-state index contributed by atoms with van der Waals surface area (Å²) in [5.74, 6) is 0.699. The summed E-state index contributed by atoms with van der Waals surface area (Å²) in [6.07, 6.45) is 9.44. The minimum Gasteiger partial charge on any atom is -0.0620 e. The standard InChI is InChI=1S/C28H28/c1-2-20-7-9-21(10-8-20)11-12-22-13-14-25-18-28(19-26(25)15-22)27-16-23-5-3-4-6-24(23)17-27/h3-10,13-15,19,27H,2,11-12,16-18H2,1H3. The molecule has 0 radical (unpaired) electrons. The number of benzene rings is 3. The maximum Gasteiger partial charge on any atom is -0.00548 e. The van der Waals surface area contributed by atoms with Gasteiger partial charge in [-0.2, -0.15) is 0 Å². The molecule has 0 bridgehead atoms. The van der Waals surface area contributed by atoms with Gasteiger partial charge in [0, 0.05) is 0 Å². The van der Waals surface area contributed by atoms with Crippen molar-refractivity contribution in [3.63, 3.8) is 0 Å². The number of hydrogen-bond donors (Lipinski definition) is 0. The van der Waals surface area contributed by atoms with Gasteiger partial charge in [-0.05, 0) is 83.4 Å². The monoisotopic (exact) mass is 364 g/mol. The first-order valence-corrected chi connectivity index (χ1v) is 10.8. The molecule has 0 heteroatoms. The minimum absolute atomic E-state index is 0.699. The summed E-state index contributed by atoms with van der Waals surface area (Å²) in [6, 6.07) is 25.3. The van der Waals surface area contributed by atoms with Crippen molar-refractivity contribution in [2.24, 2.45) is 5.92 Å². The minimum atomic E-state index is 0.699. The van der Waals surface area contributed by atoms with E-state index in [1.54, 1.807) is 16.7 Å². The van der Waals surface area contributed by atoms with Gasteiger partial charge in [0.05, 0.1) is 0 Å². The zero-order valence-electron chi connectivity index (χ0n) is 16.7. The summed E-state index contributed by atoms with van der Waals surface area (Å²) in [4.78, 5) is 0. The highest BCUT2D eigenvalue weighted by molar-refractivity contribution is 5.65. The average molecular weight is 365 g/mol. The Morgan fingerprint density at radius 3 is 2.07 bits per heavy atom. The Kier molecular flexibility index (Phi) is 4.64. The quantitative estimate of drug-likeness (QED) is 0.492. The molecule has 5 rings (SSSR count). The third-order valence-electron chi connectivity index (χ3n) is 6.65. The molecule has 3 aromatic rings. The van der Waals surface area contributed by atoms with E-state index >= 15 is 0 Å². The molecular formula is C28H28. The van der Waals surface area contributed by atoms with Crippen LogP contribution in [0.15, 0.2) is 72.3 Å². The number of fused-ring (bicyclic) bond motifs is 2. The van der Waals surface area contributed by atoms with Crippen LogP contribution in [0.5, 0.6) is 0 Å². The van der Waals surface area contributed by atoms with Crippen LogP contribution in [-0.2, 0) is 38.5 Å². The van der Waals surface area contributed by atoms with E-state index in [1.807, 2.05) is 0 Å². The summed E-state index contributed by atoms with van der Waals surface area (Å²) >= 11 is 0. The normalized spacial score (nSPS) is 15.4. The van der Waals surface area contributed by atoms with E-state index in [9.17, 15) is 0 Å². The smallest absolute Gasteiger partial charge is 0.00548 e. The van der Waals surface area contributed by atoms with Gasteiger partial charge in [0.2, 0.25) is 0 Å². The molecule has 2 aliphatic carbocycles. The summed E-state index contributed by atoms with van der Waals surface area (Å²) in [5.41, 5.74) is 12.1. The Hall–Kier alpha value is -2.60. The summed E-state index contributed by atoms with van der Waals surface area (Å²) in [7, 11) is 0. The molecule has 0 heterocycles. The maximum atomic E-state index is 2.49.